The molecule has 0 radical (unpaired) electrons. The second-order valence-electron chi connectivity index (χ2n) is 6.81. The number of benzene rings is 1. The summed E-state index contributed by atoms with van der Waals surface area (Å²) in [6.07, 6.45) is 1.73. The van der Waals surface area contributed by atoms with Gasteiger partial charge >= 0.3 is 5.69 Å². The lowest BCUT2D eigenvalue weighted by atomic mass is 10.0. The smallest absolute Gasteiger partial charge is 0.348 e. The molecule has 28 heavy (non-hydrogen) atoms. The van der Waals surface area contributed by atoms with Gasteiger partial charge in [0.25, 0.3) is 5.91 Å². The van der Waals surface area contributed by atoms with Gasteiger partial charge in [0.05, 0.1) is 11.9 Å². The average Bonchev–Trinajstić information content (AvgIpc) is 2.66. The normalized spacial score (nSPS) is 10.7. The molecule has 0 saturated carbocycles. The van der Waals surface area contributed by atoms with Crippen molar-refractivity contribution in [2.24, 2.45) is 0 Å². The van der Waals surface area contributed by atoms with Crippen LogP contribution < -0.4 is 11.0 Å². The van der Waals surface area contributed by atoms with Crippen LogP contribution in [0.3, 0.4) is 0 Å². The molecule has 2 heterocycles. The molecule has 1 amide bonds. The summed E-state index contributed by atoms with van der Waals surface area (Å²) in [6.45, 7) is 8.35. The fourth-order valence-corrected chi connectivity index (χ4v) is 3.02. The average molecular weight is 377 g/mol. The number of hydrogen-bond acceptors (Lipinski definition) is 5. The van der Waals surface area contributed by atoms with Gasteiger partial charge in [-0.15, -0.1) is 0 Å². The molecular formula is C21H23N5O2. The maximum atomic E-state index is 12.4. The van der Waals surface area contributed by atoms with Crippen LogP contribution in [-0.4, -0.2) is 32.2 Å². The quantitative estimate of drug-likeness (QED) is 0.737. The van der Waals surface area contributed by atoms with Crippen LogP contribution in [0.4, 0.5) is 0 Å². The Morgan fingerprint density at radius 3 is 2.50 bits per heavy atom. The number of hydrogen-bond donors (Lipinski definition) is 1. The van der Waals surface area contributed by atoms with Crippen LogP contribution >= 0.6 is 0 Å². The van der Waals surface area contributed by atoms with Crippen molar-refractivity contribution in [2.45, 2.75) is 34.2 Å². The van der Waals surface area contributed by atoms with Gasteiger partial charge < -0.3 is 5.32 Å². The summed E-state index contributed by atoms with van der Waals surface area (Å²) in [5.41, 5.74) is 5.63. The molecular weight excluding hydrogens is 354 g/mol. The van der Waals surface area contributed by atoms with E-state index in [1.165, 1.54) is 0 Å². The minimum absolute atomic E-state index is 0.190. The highest BCUT2D eigenvalue weighted by Crippen LogP contribution is 2.22. The van der Waals surface area contributed by atoms with Crippen molar-refractivity contribution in [1.82, 2.24) is 25.1 Å². The number of carbonyl (C=O) groups is 1. The Morgan fingerprint density at radius 2 is 1.82 bits per heavy atom. The predicted octanol–water partition coefficient (Wildman–Crippen LogP) is 2.36. The van der Waals surface area contributed by atoms with E-state index < -0.39 is 0 Å². The second-order valence-corrected chi connectivity index (χ2v) is 6.81. The first kappa shape index (κ1) is 19.4. The Labute approximate surface area is 163 Å². The summed E-state index contributed by atoms with van der Waals surface area (Å²) < 4.78 is 1.55. The predicted molar refractivity (Wildman–Crippen MR) is 107 cm³/mol. The number of carbonyl (C=O) groups excluding carboxylic acids is 1. The lowest BCUT2D eigenvalue weighted by Gasteiger charge is -2.11. The first-order valence-corrected chi connectivity index (χ1v) is 9.09. The standard InChI is InChI=1S/C21H23N5O2/c1-13-12-23-25-19(16(13)4)17-5-7-18(8-6-17)20(27)22-9-10-26-15(3)11-14(2)24-21(26)28/h5-8,11-12H,9-10H2,1-4H3,(H,22,27). The molecule has 1 N–H and O–H groups in total. The minimum Gasteiger partial charge on any atom is -0.350 e. The fraction of sp³-hybridized carbons (Fsp3) is 0.286. The maximum Gasteiger partial charge on any atom is 0.348 e. The van der Waals surface area contributed by atoms with E-state index in [1.807, 2.05) is 39.0 Å². The summed E-state index contributed by atoms with van der Waals surface area (Å²) in [5, 5.41) is 11.0. The van der Waals surface area contributed by atoms with Gasteiger partial charge in [-0.1, -0.05) is 12.1 Å². The summed E-state index contributed by atoms with van der Waals surface area (Å²) in [7, 11) is 0. The maximum absolute atomic E-state index is 12.4. The molecule has 0 aliphatic rings. The van der Waals surface area contributed by atoms with Crippen molar-refractivity contribution in [3.63, 3.8) is 0 Å². The third kappa shape index (κ3) is 4.14. The second kappa shape index (κ2) is 8.12. The number of nitrogens with one attached hydrogen (secondary N) is 1. The highest BCUT2D eigenvalue weighted by atomic mass is 16.2. The molecule has 144 valence electrons. The molecule has 3 aromatic rings. The van der Waals surface area contributed by atoms with Gasteiger partial charge in [0, 0.05) is 35.6 Å². The molecule has 0 atom stereocenters. The summed E-state index contributed by atoms with van der Waals surface area (Å²) in [5.74, 6) is -0.190. The number of aryl methyl sites for hydroxylation is 3. The number of rotatable bonds is 5. The van der Waals surface area contributed by atoms with Crippen molar-refractivity contribution in [3.05, 3.63) is 75.1 Å². The first-order valence-electron chi connectivity index (χ1n) is 9.09. The van der Waals surface area contributed by atoms with Crippen LogP contribution in [0.25, 0.3) is 11.3 Å². The molecule has 1 aromatic carbocycles. The zero-order valence-corrected chi connectivity index (χ0v) is 16.5. The molecule has 0 spiro atoms. The van der Waals surface area contributed by atoms with E-state index in [1.54, 1.807) is 29.8 Å². The molecule has 0 fully saturated rings. The summed E-state index contributed by atoms with van der Waals surface area (Å²) in [4.78, 5) is 28.3. The van der Waals surface area contributed by atoms with Crippen LogP contribution in [0.1, 0.15) is 32.9 Å². The van der Waals surface area contributed by atoms with Gasteiger partial charge in [-0.05, 0) is 57.0 Å². The van der Waals surface area contributed by atoms with Crippen LogP contribution in [0.15, 0.2) is 41.3 Å². The van der Waals surface area contributed by atoms with E-state index in [0.717, 1.165) is 28.1 Å². The number of aromatic nitrogens is 4. The molecule has 3 rings (SSSR count). The lowest BCUT2D eigenvalue weighted by Crippen LogP contribution is -2.33. The zero-order chi connectivity index (χ0) is 20.3. The summed E-state index contributed by atoms with van der Waals surface area (Å²) in [6, 6.07) is 9.10. The Hall–Kier alpha value is -3.35. The van der Waals surface area contributed by atoms with Crippen LogP contribution in [0.5, 0.6) is 0 Å². The highest BCUT2D eigenvalue weighted by molar-refractivity contribution is 5.94. The number of amides is 1. The molecule has 0 saturated heterocycles. The van der Waals surface area contributed by atoms with Crippen molar-refractivity contribution in [1.29, 1.82) is 0 Å². The van der Waals surface area contributed by atoms with Crippen LogP contribution in [0.2, 0.25) is 0 Å². The van der Waals surface area contributed by atoms with Crippen molar-refractivity contribution in [3.8, 4) is 11.3 Å². The van der Waals surface area contributed by atoms with Crippen LogP contribution in [-0.2, 0) is 6.54 Å². The van der Waals surface area contributed by atoms with E-state index >= 15 is 0 Å². The number of nitrogens with zero attached hydrogens (tertiary/aromatic N) is 4. The van der Waals surface area contributed by atoms with E-state index in [2.05, 4.69) is 20.5 Å². The van der Waals surface area contributed by atoms with Crippen molar-refractivity contribution < 1.29 is 4.79 Å². The largest absolute Gasteiger partial charge is 0.350 e. The van der Waals surface area contributed by atoms with Gasteiger partial charge in [0.15, 0.2) is 0 Å². The molecule has 2 aromatic heterocycles. The molecule has 0 aliphatic heterocycles. The molecule has 0 unspecified atom stereocenters. The van der Waals surface area contributed by atoms with Crippen LogP contribution in [0, 0.1) is 27.7 Å². The SMILES string of the molecule is Cc1cc(C)n(CCNC(=O)c2ccc(-c3nncc(C)c3C)cc2)c(=O)n1. The van der Waals surface area contributed by atoms with E-state index in [-0.39, 0.29) is 11.6 Å². The van der Waals surface area contributed by atoms with Gasteiger partial charge in [-0.2, -0.15) is 15.2 Å². The first-order chi connectivity index (χ1) is 13.4. The van der Waals surface area contributed by atoms with Gasteiger partial charge in [-0.25, -0.2) is 4.79 Å². The Morgan fingerprint density at radius 1 is 1.11 bits per heavy atom. The van der Waals surface area contributed by atoms with Crippen molar-refractivity contribution in [2.75, 3.05) is 6.54 Å². The third-order valence-corrected chi connectivity index (χ3v) is 4.74. The summed E-state index contributed by atoms with van der Waals surface area (Å²) >= 11 is 0. The Balaban J connectivity index is 1.66. The lowest BCUT2D eigenvalue weighted by molar-refractivity contribution is 0.0952. The van der Waals surface area contributed by atoms with Gasteiger partial charge in [0.2, 0.25) is 0 Å². The minimum atomic E-state index is -0.300. The molecule has 0 bridgehead atoms. The topological polar surface area (TPSA) is 89.8 Å². The Bertz CT molecular complexity index is 1070. The van der Waals surface area contributed by atoms with E-state index in [4.69, 9.17) is 0 Å². The Kier molecular flexibility index (Phi) is 5.63. The zero-order valence-electron chi connectivity index (χ0n) is 16.5. The third-order valence-electron chi connectivity index (χ3n) is 4.74. The fourth-order valence-electron chi connectivity index (χ4n) is 3.02. The monoisotopic (exact) mass is 377 g/mol. The molecule has 0 aliphatic carbocycles. The van der Waals surface area contributed by atoms with Crippen molar-refractivity contribution >= 4 is 5.91 Å². The molecule has 7 nitrogen and oxygen atoms in total. The highest BCUT2D eigenvalue weighted by Gasteiger charge is 2.10. The van der Waals surface area contributed by atoms with Gasteiger partial charge in [-0.3, -0.25) is 9.36 Å². The molecule has 7 heteroatoms. The van der Waals surface area contributed by atoms with E-state index in [9.17, 15) is 9.59 Å². The van der Waals surface area contributed by atoms with Gasteiger partial charge in [0.1, 0.15) is 0 Å². The van der Waals surface area contributed by atoms with E-state index in [0.29, 0.717) is 24.3 Å².